The first-order valence-electron chi connectivity index (χ1n) is 9.36. The molecule has 1 heterocycles. The molecule has 2 atom stereocenters. The number of rotatable bonds is 5. The van der Waals surface area contributed by atoms with E-state index >= 15 is 0 Å². The van der Waals surface area contributed by atoms with Crippen LogP contribution < -0.4 is 0 Å². The second-order valence-corrected chi connectivity index (χ2v) is 7.18. The molecule has 0 amide bonds. The van der Waals surface area contributed by atoms with Crippen molar-refractivity contribution in [3.05, 3.63) is 35.9 Å². The van der Waals surface area contributed by atoms with E-state index in [0.717, 1.165) is 51.7 Å². The average molecular weight is 331 g/mol. The summed E-state index contributed by atoms with van der Waals surface area (Å²) in [5.41, 5.74) is -0.839. The Morgan fingerprint density at radius 3 is 2.54 bits per heavy atom. The van der Waals surface area contributed by atoms with Gasteiger partial charge in [-0.15, -0.1) is 0 Å². The Bertz CT molecular complexity index is 541. The predicted octanol–water partition coefficient (Wildman–Crippen LogP) is 3.09. The van der Waals surface area contributed by atoms with Gasteiger partial charge in [0.15, 0.2) is 5.60 Å². The van der Waals surface area contributed by atoms with Crippen LogP contribution in [0.15, 0.2) is 30.3 Å². The van der Waals surface area contributed by atoms with Gasteiger partial charge in [-0.3, -0.25) is 4.90 Å². The lowest BCUT2D eigenvalue weighted by atomic mass is 9.73. The van der Waals surface area contributed by atoms with Gasteiger partial charge in [-0.2, -0.15) is 0 Å². The number of carbonyl (C=O) groups is 1. The molecule has 2 fully saturated rings. The maximum Gasteiger partial charge on any atom is 0.343 e. The molecule has 0 aromatic heterocycles. The molecule has 1 aromatic carbocycles. The molecule has 4 heteroatoms. The van der Waals surface area contributed by atoms with Gasteiger partial charge in [0.2, 0.25) is 0 Å². The molecule has 2 aliphatic rings. The predicted molar refractivity (Wildman–Crippen MR) is 93.5 cm³/mol. The summed E-state index contributed by atoms with van der Waals surface area (Å²) in [5, 5.41) is 11.5. The fourth-order valence-electron chi connectivity index (χ4n) is 4.15. The Labute approximate surface area is 144 Å². The maximum absolute atomic E-state index is 13.0. The molecular weight excluding hydrogens is 302 g/mol. The zero-order valence-corrected chi connectivity index (χ0v) is 14.6. The van der Waals surface area contributed by atoms with Crippen molar-refractivity contribution in [2.24, 2.45) is 5.92 Å². The summed E-state index contributed by atoms with van der Waals surface area (Å²) in [6.45, 7) is 4.82. The van der Waals surface area contributed by atoms with Crippen LogP contribution in [0.25, 0.3) is 0 Å². The zero-order valence-electron chi connectivity index (χ0n) is 14.6. The molecule has 1 aliphatic heterocycles. The lowest BCUT2D eigenvalue weighted by Gasteiger charge is -2.37. The molecule has 0 radical (unpaired) electrons. The number of benzene rings is 1. The third-order valence-electron chi connectivity index (χ3n) is 5.67. The minimum Gasteiger partial charge on any atom is -0.459 e. The number of hydrogen-bond donors (Lipinski definition) is 1. The quantitative estimate of drug-likeness (QED) is 0.843. The van der Waals surface area contributed by atoms with Crippen LogP contribution in [-0.2, 0) is 15.1 Å². The summed E-state index contributed by atoms with van der Waals surface area (Å²) >= 11 is 0. The summed E-state index contributed by atoms with van der Waals surface area (Å²) in [6, 6.07) is 9.37. The summed E-state index contributed by atoms with van der Waals surface area (Å²) in [5.74, 6) is -0.506. The standard InChI is InChI=1S/C20H29NO3/c1-2-21-14-13-18(15-21)24-19(22)20(23,16-9-5-3-6-10-16)17-11-7-4-8-12-17/h3,5-6,9-10,17-18,23H,2,4,7-8,11-15H2,1H3. The smallest absolute Gasteiger partial charge is 0.343 e. The van der Waals surface area contributed by atoms with Crippen molar-refractivity contribution in [3.8, 4) is 0 Å². The zero-order chi connectivity index (χ0) is 17.0. The van der Waals surface area contributed by atoms with Crippen LogP contribution in [0.1, 0.15) is 51.0 Å². The van der Waals surface area contributed by atoms with Gasteiger partial charge in [0, 0.05) is 19.0 Å². The highest BCUT2D eigenvalue weighted by Crippen LogP contribution is 2.40. The van der Waals surface area contributed by atoms with Crippen LogP contribution in [0, 0.1) is 5.92 Å². The molecule has 0 bridgehead atoms. The van der Waals surface area contributed by atoms with E-state index in [4.69, 9.17) is 4.74 Å². The van der Waals surface area contributed by atoms with Gasteiger partial charge in [0.1, 0.15) is 6.10 Å². The number of likely N-dealkylation sites (tertiary alicyclic amines) is 1. The normalized spacial score (nSPS) is 25.3. The fourth-order valence-corrected chi connectivity index (χ4v) is 4.15. The molecule has 1 aromatic rings. The van der Waals surface area contributed by atoms with E-state index in [9.17, 15) is 9.90 Å². The number of esters is 1. The lowest BCUT2D eigenvalue weighted by molar-refractivity contribution is -0.180. The van der Waals surface area contributed by atoms with E-state index in [1.165, 1.54) is 6.42 Å². The van der Waals surface area contributed by atoms with Crippen molar-refractivity contribution in [2.45, 2.75) is 57.2 Å². The average Bonchev–Trinajstić information content (AvgIpc) is 3.10. The summed E-state index contributed by atoms with van der Waals surface area (Å²) in [7, 11) is 0. The highest BCUT2D eigenvalue weighted by molar-refractivity contribution is 5.81. The van der Waals surface area contributed by atoms with Crippen molar-refractivity contribution < 1.29 is 14.6 Å². The van der Waals surface area contributed by atoms with Gasteiger partial charge in [-0.25, -0.2) is 4.79 Å². The van der Waals surface area contributed by atoms with E-state index in [0.29, 0.717) is 5.56 Å². The summed E-state index contributed by atoms with van der Waals surface area (Å²) < 4.78 is 5.79. The Morgan fingerprint density at radius 1 is 1.21 bits per heavy atom. The summed E-state index contributed by atoms with van der Waals surface area (Å²) in [6.07, 6.45) is 5.84. The largest absolute Gasteiger partial charge is 0.459 e. The van der Waals surface area contributed by atoms with Crippen molar-refractivity contribution in [2.75, 3.05) is 19.6 Å². The highest BCUT2D eigenvalue weighted by atomic mass is 16.6. The molecule has 1 aliphatic carbocycles. The van der Waals surface area contributed by atoms with Crippen LogP contribution in [0.5, 0.6) is 0 Å². The van der Waals surface area contributed by atoms with E-state index in [-0.39, 0.29) is 12.0 Å². The highest BCUT2D eigenvalue weighted by Gasteiger charge is 2.48. The molecule has 24 heavy (non-hydrogen) atoms. The number of ether oxygens (including phenoxy) is 1. The lowest BCUT2D eigenvalue weighted by Crippen LogP contribution is -2.46. The van der Waals surface area contributed by atoms with Crippen LogP contribution in [-0.4, -0.2) is 41.7 Å². The SMILES string of the molecule is CCN1CCC(OC(=O)C(O)(c2ccccc2)C2CCCCC2)C1. The number of aliphatic hydroxyl groups is 1. The van der Waals surface area contributed by atoms with Crippen LogP contribution in [0.3, 0.4) is 0 Å². The number of nitrogens with zero attached hydrogens (tertiary/aromatic N) is 1. The van der Waals surface area contributed by atoms with Crippen LogP contribution in [0.2, 0.25) is 0 Å². The van der Waals surface area contributed by atoms with Gasteiger partial charge in [-0.1, -0.05) is 56.5 Å². The van der Waals surface area contributed by atoms with Crippen molar-refractivity contribution in [3.63, 3.8) is 0 Å². The number of carbonyl (C=O) groups excluding carboxylic acids is 1. The van der Waals surface area contributed by atoms with E-state index in [2.05, 4.69) is 11.8 Å². The Hall–Kier alpha value is -1.39. The minimum atomic E-state index is -1.51. The molecule has 3 rings (SSSR count). The van der Waals surface area contributed by atoms with Crippen LogP contribution >= 0.6 is 0 Å². The van der Waals surface area contributed by atoms with Gasteiger partial charge >= 0.3 is 5.97 Å². The summed E-state index contributed by atoms with van der Waals surface area (Å²) in [4.78, 5) is 15.3. The maximum atomic E-state index is 13.0. The minimum absolute atomic E-state index is 0.0511. The molecule has 1 saturated carbocycles. The third-order valence-corrected chi connectivity index (χ3v) is 5.67. The van der Waals surface area contributed by atoms with E-state index in [1.807, 2.05) is 30.3 Å². The monoisotopic (exact) mass is 331 g/mol. The fraction of sp³-hybridized carbons (Fsp3) is 0.650. The van der Waals surface area contributed by atoms with Gasteiger partial charge in [0.05, 0.1) is 0 Å². The third kappa shape index (κ3) is 3.50. The van der Waals surface area contributed by atoms with E-state index in [1.54, 1.807) is 0 Å². The van der Waals surface area contributed by atoms with Crippen molar-refractivity contribution >= 4 is 5.97 Å². The molecule has 4 nitrogen and oxygen atoms in total. The number of hydrogen-bond acceptors (Lipinski definition) is 4. The van der Waals surface area contributed by atoms with Gasteiger partial charge in [-0.05, 0) is 31.4 Å². The van der Waals surface area contributed by atoms with Crippen LogP contribution in [0.4, 0.5) is 0 Å². The van der Waals surface area contributed by atoms with E-state index < -0.39 is 11.6 Å². The molecule has 132 valence electrons. The Morgan fingerprint density at radius 2 is 1.92 bits per heavy atom. The number of likely N-dealkylation sites (N-methyl/N-ethyl adjacent to an activating group) is 1. The first kappa shape index (κ1) is 17.4. The first-order chi connectivity index (χ1) is 11.6. The van der Waals surface area contributed by atoms with Crippen molar-refractivity contribution in [1.82, 2.24) is 4.90 Å². The second-order valence-electron chi connectivity index (χ2n) is 7.18. The van der Waals surface area contributed by atoms with Gasteiger partial charge < -0.3 is 9.84 Å². The molecule has 1 N–H and O–H groups in total. The molecule has 1 saturated heterocycles. The Balaban J connectivity index is 1.80. The van der Waals surface area contributed by atoms with Crippen molar-refractivity contribution in [1.29, 1.82) is 0 Å². The first-order valence-corrected chi connectivity index (χ1v) is 9.36. The molecule has 2 unspecified atom stereocenters. The second kappa shape index (κ2) is 7.66. The molecular formula is C20H29NO3. The van der Waals surface area contributed by atoms with Gasteiger partial charge in [0.25, 0.3) is 0 Å². The topological polar surface area (TPSA) is 49.8 Å². The molecule has 0 spiro atoms. The Kier molecular flexibility index (Phi) is 5.57.